The second kappa shape index (κ2) is 16.9. The molecule has 1 N–H and O–H groups in total. The van der Waals surface area contributed by atoms with Crippen LogP contribution in [0.2, 0.25) is 10.0 Å². The van der Waals surface area contributed by atoms with Crippen LogP contribution < -0.4 is 40.0 Å². The molecule has 0 saturated carbocycles. The van der Waals surface area contributed by atoms with Crippen molar-refractivity contribution in [3.8, 4) is 0 Å². The first-order chi connectivity index (χ1) is 19.3. The van der Waals surface area contributed by atoms with Crippen LogP contribution in [0.1, 0.15) is 44.6 Å². The van der Waals surface area contributed by atoms with Crippen LogP contribution in [0.4, 0.5) is 11.4 Å². The largest absolute Gasteiger partial charge is 1.00 e. The van der Waals surface area contributed by atoms with Gasteiger partial charge in [0.25, 0.3) is 0 Å². The summed E-state index contributed by atoms with van der Waals surface area (Å²) in [5, 5.41) is 14.9. The van der Waals surface area contributed by atoms with Gasteiger partial charge in [-0.2, -0.15) is 0 Å². The molecule has 0 bridgehead atoms. The summed E-state index contributed by atoms with van der Waals surface area (Å²) in [5.74, 6) is -1.26. The number of carbonyl (C=O) groups excluding carboxylic acids is 1. The number of fused-ring (bicyclic) bond motifs is 2. The van der Waals surface area contributed by atoms with E-state index in [1.54, 1.807) is 30.3 Å². The van der Waals surface area contributed by atoms with Crippen molar-refractivity contribution >= 4 is 70.7 Å². The number of halogens is 3. The molecule has 0 atom stereocenters. The molecule has 1 aliphatic rings. The number of para-hydroxylation sites is 1. The predicted octanol–water partition coefficient (Wildman–Crippen LogP) is 5.39. The number of hydrogen-bond donors (Lipinski definition) is 1. The second-order valence-corrected chi connectivity index (χ2v) is 10.5. The van der Waals surface area contributed by atoms with E-state index in [1.807, 2.05) is 6.92 Å². The van der Waals surface area contributed by atoms with Crippen LogP contribution >= 0.6 is 35.6 Å². The van der Waals surface area contributed by atoms with Gasteiger partial charge in [-0.05, 0) is 73.0 Å². The number of aromatic carboxylic acids is 1. The van der Waals surface area contributed by atoms with E-state index in [-0.39, 0.29) is 47.5 Å². The summed E-state index contributed by atoms with van der Waals surface area (Å²) in [6, 6.07) is 27.2. The molecular weight excluding hydrogens is 598 g/mol. The van der Waals surface area contributed by atoms with E-state index >= 15 is 0 Å². The third-order valence-electron chi connectivity index (χ3n) is 6.56. The Hall–Kier alpha value is -2.54. The van der Waals surface area contributed by atoms with Crippen LogP contribution in [0, 0.1) is 6.92 Å². The Morgan fingerprint density at radius 1 is 0.857 bits per heavy atom. The number of aryl methyl sites for hydroxylation is 1. The van der Waals surface area contributed by atoms with Gasteiger partial charge in [0.1, 0.15) is 0 Å². The molecule has 1 aliphatic carbocycles. The van der Waals surface area contributed by atoms with Crippen molar-refractivity contribution in [2.24, 2.45) is 0 Å². The van der Waals surface area contributed by atoms with Gasteiger partial charge in [0.05, 0.1) is 21.7 Å². The normalized spacial score (nSPS) is 11.0. The summed E-state index contributed by atoms with van der Waals surface area (Å²) in [6.07, 6.45) is 7.89. The van der Waals surface area contributed by atoms with Crippen LogP contribution in [0.3, 0.4) is 0 Å². The molecule has 0 aromatic heterocycles. The van der Waals surface area contributed by atoms with Gasteiger partial charge in [-0.25, -0.2) is 0 Å². The Bertz CT molecular complexity index is 1530. The van der Waals surface area contributed by atoms with Gasteiger partial charge in [-0.15, -0.1) is 12.4 Å². The van der Waals surface area contributed by atoms with Gasteiger partial charge in [-0.3, -0.25) is 0 Å². The Kier molecular flexibility index (Phi) is 14.4. The standard InChI is InChI=1S/C20H21N.C14H11Cl2NO2.ClH.Na/c1-21(2)15-7-12-20-18-10-5-3-8-16(18)13-14-17-9-4-6-11-19(17)20;1-8-6-7-10(15)13(12(8)16)17-11-5-3-2-4-9(11)14(18)19;;/h3-6,8-14H,7,15H2,1-2H3;2-7,17H,1H3,(H,18,19);1H;/q;;;+1/p-1. The van der Waals surface area contributed by atoms with Gasteiger partial charge < -0.3 is 20.1 Å². The first-order valence-corrected chi connectivity index (χ1v) is 13.8. The zero-order valence-corrected chi connectivity index (χ0v) is 28.5. The van der Waals surface area contributed by atoms with Crippen LogP contribution in [-0.2, 0) is 0 Å². The monoisotopic (exact) mass is 628 g/mol. The Labute approximate surface area is 286 Å². The van der Waals surface area contributed by atoms with Crippen LogP contribution in [-0.4, -0.2) is 31.5 Å². The molecule has 42 heavy (non-hydrogen) atoms. The zero-order chi connectivity index (χ0) is 28.6. The van der Waals surface area contributed by atoms with Crippen LogP contribution in [0.5, 0.6) is 0 Å². The van der Waals surface area contributed by atoms with Crippen molar-refractivity contribution in [2.75, 3.05) is 26.0 Å². The first kappa shape index (κ1) is 35.7. The Balaban J connectivity index is 0.000000282. The van der Waals surface area contributed by atoms with E-state index < -0.39 is 5.97 Å². The molecular formula is C34H32Cl3N2NaO2. The fourth-order valence-electron chi connectivity index (χ4n) is 4.46. The molecule has 0 fully saturated rings. The number of nitrogens with zero attached hydrogens (tertiary/aromatic N) is 1. The van der Waals surface area contributed by atoms with E-state index in [4.69, 9.17) is 23.2 Å². The quantitative estimate of drug-likeness (QED) is 0.256. The van der Waals surface area contributed by atoms with Gasteiger partial charge >= 0.3 is 29.6 Å². The van der Waals surface area contributed by atoms with E-state index in [2.05, 4.69) is 91.1 Å². The second-order valence-electron chi connectivity index (χ2n) is 9.73. The van der Waals surface area contributed by atoms with Crippen molar-refractivity contribution in [2.45, 2.75) is 13.3 Å². The molecule has 0 saturated heterocycles. The summed E-state index contributed by atoms with van der Waals surface area (Å²) in [5.41, 5.74) is 8.38. The average molecular weight is 630 g/mol. The van der Waals surface area contributed by atoms with Gasteiger partial charge in [-0.1, -0.05) is 114 Å². The summed E-state index contributed by atoms with van der Waals surface area (Å²) in [4.78, 5) is 13.3. The SMILES string of the molecule is CN(C)CCC=C1c2ccccc2C=Cc2ccccc21.Cc1ccc(Cl)c(Nc2ccccc2C(=O)[O-])c1Cl.Cl.[Na+]. The summed E-state index contributed by atoms with van der Waals surface area (Å²) in [7, 11) is 4.24. The maximum absolute atomic E-state index is 11.0. The Morgan fingerprint density at radius 3 is 1.98 bits per heavy atom. The number of anilines is 2. The number of nitrogens with one attached hydrogen (secondary N) is 1. The molecule has 0 unspecified atom stereocenters. The molecule has 0 heterocycles. The molecule has 4 aromatic rings. The third kappa shape index (κ3) is 8.98. The van der Waals surface area contributed by atoms with Crippen molar-refractivity contribution < 1.29 is 39.5 Å². The fourth-order valence-corrected chi connectivity index (χ4v) is 4.93. The summed E-state index contributed by atoms with van der Waals surface area (Å²) >= 11 is 12.2. The van der Waals surface area contributed by atoms with Gasteiger partial charge in [0.2, 0.25) is 0 Å². The third-order valence-corrected chi connectivity index (χ3v) is 7.36. The van der Waals surface area contributed by atoms with Crippen molar-refractivity contribution in [1.29, 1.82) is 0 Å². The molecule has 212 valence electrons. The van der Waals surface area contributed by atoms with E-state index in [1.165, 1.54) is 33.9 Å². The minimum atomic E-state index is -1.26. The topological polar surface area (TPSA) is 55.4 Å². The van der Waals surface area contributed by atoms with Crippen LogP contribution in [0.15, 0.2) is 91.0 Å². The zero-order valence-electron chi connectivity index (χ0n) is 24.2. The van der Waals surface area contributed by atoms with Gasteiger partial charge in [0, 0.05) is 17.8 Å². The maximum Gasteiger partial charge on any atom is 1.00 e. The first-order valence-electron chi connectivity index (χ1n) is 13.0. The molecule has 8 heteroatoms. The maximum atomic E-state index is 11.0. The number of carbonyl (C=O) groups is 1. The number of hydrogen-bond acceptors (Lipinski definition) is 4. The smallest absolute Gasteiger partial charge is 0.545 e. The van der Waals surface area contributed by atoms with Crippen LogP contribution in [0.25, 0.3) is 17.7 Å². The number of rotatable bonds is 6. The number of carboxylic acid groups (broad SMARTS) is 1. The number of benzene rings is 4. The van der Waals surface area contributed by atoms with Crippen molar-refractivity contribution in [1.82, 2.24) is 4.90 Å². The molecule has 0 aliphatic heterocycles. The van der Waals surface area contributed by atoms with E-state index in [9.17, 15) is 9.90 Å². The molecule has 5 rings (SSSR count). The molecule has 4 aromatic carbocycles. The summed E-state index contributed by atoms with van der Waals surface area (Å²) < 4.78 is 0. The minimum Gasteiger partial charge on any atom is -0.545 e. The van der Waals surface area contributed by atoms with Crippen molar-refractivity contribution in [3.05, 3.63) is 134 Å². The molecule has 0 radical (unpaired) electrons. The summed E-state index contributed by atoms with van der Waals surface area (Å²) in [6.45, 7) is 2.91. The average Bonchev–Trinajstić information content (AvgIpc) is 3.11. The number of carboxylic acids is 1. The van der Waals surface area contributed by atoms with Gasteiger partial charge in [0.15, 0.2) is 0 Å². The minimum absolute atomic E-state index is 0. The predicted molar refractivity (Wildman–Crippen MR) is 175 cm³/mol. The van der Waals surface area contributed by atoms with E-state index in [0.29, 0.717) is 21.4 Å². The Morgan fingerprint density at radius 2 is 1.40 bits per heavy atom. The van der Waals surface area contributed by atoms with E-state index in [0.717, 1.165) is 18.5 Å². The van der Waals surface area contributed by atoms with Crippen molar-refractivity contribution in [3.63, 3.8) is 0 Å². The molecule has 0 amide bonds. The molecule has 0 spiro atoms. The molecule has 4 nitrogen and oxygen atoms in total. The fraction of sp³-hybridized carbons (Fsp3) is 0.147.